The van der Waals surface area contributed by atoms with Crippen molar-refractivity contribution in [1.29, 1.82) is 0 Å². The van der Waals surface area contributed by atoms with Crippen LogP contribution in [0.25, 0.3) is 5.57 Å². The number of likely N-dealkylation sites (N-methyl/N-ethyl adjacent to an activating group) is 1. The topological polar surface area (TPSA) is 101 Å². The lowest BCUT2D eigenvalue weighted by Gasteiger charge is -2.35. The quantitative estimate of drug-likeness (QED) is 0.345. The van der Waals surface area contributed by atoms with E-state index in [9.17, 15) is 9.50 Å². The lowest BCUT2D eigenvalue weighted by Crippen LogP contribution is -2.43. The number of ether oxygens (including phenoxy) is 1. The molecule has 3 rings (SSSR count). The first kappa shape index (κ1) is 27.1. The van der Waals surface area contributed by atoms with Crippen molar-refractivity contribution < 1.29 is 14.2 Å². The molecular weight excluding hydrogens is 457 g/mol. The zero-order chi connectivity index (χ0) is 26.4. The molecule has 1 unspecified atom stereocenters. The number of phenols is 1. The number of phenolic OH excluding ortho intramolecular Hbond substituents is 1. The Morgan fingerprint density at radius 1 is 1.22 bits per heavy atom. The van der Waals surface area contributed by atoms with Crippen molar-refractivity contribution in [1.82, 2.24) is 14.8 Å². The zero-order valence-corrected chi connectivity index (χ0v) is 21.9. The molecule has 1 atom stereocenters. The van der Waals surface area contributed by atoms with Crippen molar-refractivity contribution >= 4 is 17.1 Å². The van der Waals surface area contributed by atoms with E-state index in [1.807, 2.05) is 13.0 Å². The molecule has 0 saturated carbocycles. The van der Waals surface area contributed by atoms with Crippen LogP contribution in [0.5, 0.6) is 11.5 Å². The number of anilines is 2. The van der Waals surface area contributed by atoms with Crippen molar-refractivity contribution in [3.8, 4) is 11.5 Å². The Kier molecular flexibility index (Phi) is 8.98. The monoisotopic (exact) mass is 495 g/mol. The number of allylic oxidation sites excluding steroid dienone is 5. The minimum atomic E-state index is -0.762. The van der Waals surface area contributed by atoms with Crippen molar-refractivity contribution in [3.05, 3.63) is 70.8 Å². The summed E-state index contributed by atoms with van der Waals surface area (Å²) in [6.45, 7) is 12.1. The predicted molar refractivity (Wildman–Crippen MR) is 145 cm³/mol. The Morgan fingerprint density at radius 2 is 1.92 bits per heavy atom. The molecule has 1 aliphatic heterocycles. The van der Waals surface area contributed by atoms with Gasteiger partial charge in [-0.3, -0.25) is 0 Å². The lowest BCUT2D eigenvalue weighted by molar-refractivity contribution is 0.189. The number of nitrogens with zero attached hydrogens (tertiary/aromatic N) is 3. The van der Waals surface area contributed by atoms with Gasteiger partial charge in [-0.2, -0.15) is 0 Å². The Hall–Kier alpha value is -3.52. The minimum Gasteiger partial charge on any atom is -0.504 e. The van der Waals surface area contributed by atoms with Gasteiger partial charge in [0.1, 0.15) is 6.10 Å². The van der Waals surface area contributed by atoms with E-state index >= 15 is 0 Å². The van der Waals surface area contributed by atoms with Gasteiger partial charge in [-0.25, -0.2) is 9.37 Å². The second kappa shape index (κ2) is 11.9. The fraction of sp³-hybridized carbons (Fsp3) is 0.393. The van der Waals surface area contributed by atoms with Crippen LogP contribution in [0.2, 0.25) is 0 Å². The van der Waals surface area contributed by atoms with E-state index in [1.54, 1.807) is 19.2 Å². The van der Waals surface area contributed by atoms with Gasteiger partial charge in [0.15, 0.2) is 23.1 Å². The van der Waals surface area contributed by atoms with Gasteiger partial charge in [-0.05, 0) is 64.1 Å². The van der Waals surface area contributed by atoms with Gasteiger partial charge in [-0.1, -0.05) is 24.6 Å². The molecule has 0 spiro atoms. The average molecular weight is 496 g/mol. The molecule has 1 aromatic heterocycles. The number of benzene rings is 1. The Balaban J connectivity index is 1.87. The highest BCUT2D eigenvalue weighted by molar-refractivity contribution is 5.75. The van der Waals surface area contributed by atoms with E-state index in [-0.39, 0.29) is 17.1 Å². The number of nitrogens with two attached hydrogens (primary N) is 2. The van der Waals surface area contributed by atoms with Crippen LogP contribution in [-0.4, -0.2) is 53.1 Å². The number of piperazine rings is 1. The first-order valence-electron chi connectivity index (χ1n) is 12.3. The number of hydrogen-bond acceptors (Lipinski definition) is 7. The summed E-state index contributed by atoms with van der Waals surface area (Å²) < 4.78 is 19.9. The molecule has 2 aromatic rings. The third-order valence-corrected chi connectivity index (χ3v) is 6.67. The maximum Gasteiger partial charge on any atom is 0.166 e. The van der Waals surface area contributed by atoms with Crippen molar-refractivity contribution in [3.63, 3.8) is 0 Å². The molecule has 1 aliphatic rings. The fourth-order valence-electron chi connectivity index (χ4n) is 4.25. The van der Waals surface area contributed by atoms with E-state index in [2.05, 4.69) is 47.8 Å². The predicted octanol–water partition coefficient (Wildman–Crippen LogP) is 5.12. The van der Waals surface area contributed by atoms with E-state index in [4.69, 9.17) is 16.2 Å². The molecule has 0 aliphatic carbocycles. The summed E-state index contributed by atoms with van der Waals surface area (Å²) in [6, 6.07) is 4.32. The van der Waals surface area contributed by atoms with Gasteiger partial charge >= 0.3 is 0 Å². The molecule has 1 aromatic carbocycles. The Bertz CT molecular complexity index is 1170. The van der Waals surface area contributed by atoms with Gasteiger partial charge in [0.05, 0.1) is 5.56 Å². The number of pyridine rings is 1. The molecule has 0 bridgehead atoms. The van der Waals surface area contributed by atoms with Crippen LogP contribution in [0.4, 0.5) is 15.9 Å². The SMILES string of the molecule is C/C=C(\C=C/C(=C(C)CC)N1CCN(C)CC1)c1cnc(N)c(OC(C)c2c(N)ccc(F)c2O)c1. The van der Waals surface area contributed by atoms with Crippen molar-refractivity contribution in [2.45, 2.75) is 40.2 Å². The molecule has 1 saturated heterocycles. The molecule has 7 nitrogen and oxygen atoms in total. The molecule has 8 heteroatoms. The molecular formula is C28H38FN5O2. The number of aromatic hydroxyl groups is 1. The van der Waals surface area contributed by atoms with Crippen LogP contribution in [0.3, 0.4) is 0 Å². The highest BCUT2D eigenvalue weighted by Gasteiger charge is 2.21. The Labute approximate surface area is 213 Å². The highest BCUT2D eigenvalue weighted by atomic mass is 19.1. The molecule has 1 fully saturated rings. The second-order valence-corrected chi connectivity index (χ2v) is 9.15. The number of halogens is 1. The van der Waals surface area contributed by atoms with E-state index < -0.39 is 17.7 Å². The molecule has 194 valence electrons. The fourth-order valence-corrected chi connectivity index (χ4v) is 4.25. The summed E-state index contributed by atoms with van der Waals surface area (Å²) in [7, 11) is 2.15. The van der Waals surface area contributed by atoms with Gasteiger partial charge in [-0.15, -0.1) is 0 Å². The number of rotatable bonds is 8. The smallest absolute Gasteiger partial charge is 0.166 e. The maximum absolute atomic E-state index is 13.9. The van der Waals surface area contributed by atoms with Crippen molar-refractivity contribution in [2.75, 3.05) is 44.7 Å². The molecule has 5 N–H and O–H groups in total. The normalized spacial score (nSPS) is 16.8. The summed E-state index contributed by atoms with van der Waals surface area (Å²) in [5, 5.41) is 10.2. The number of hydrogen-bond donors (Lipinski definition) is 3. The summed E-state index contributed by atoms with van der Waals surface area (Å²) >= 11 is 0. The Morgan fingerprint density at radius 3 is 2.56 bits per heavy atom. The van der Waals surface area contributed by atoms with Crippen LogP contribution >= 0.6 is 0 Å². The molecule has 0 amide bonds. The van der Waals surface area contributed by atoms with Gasteiger partial charge in [0, 0.05) is 49.3 Å². The molecule has 36 heavy (non-hydrogen) atoms. The first-order valence-corrected chi connectivity index (χ1v) is 12.3. The van der Waals surface area contributed by atoms with E-state index in [0.717, 1.165) is 49.8 Å². The second-order valence-electron chi connectivity index (χ2n) is 9.15. The third kappa shape index (κ3) is 6.18. The maximum atomic E-state index is 13.9. The van der Waals surface area contributed by atoms with Crippen LogP contribution in [0.1, 0.15) is 51.3 Å². The van der Waals surface area contributed by atoms with Crippen LogP contribution in [0, 0.1) is 5.82 Å². The molecule has 0 radical (unpaired) electrons. The first-order chi connectivity index (χ1) is 17.2. The van der Waals surface area contributed by atoms with Crippen LogP contribution in [-0.2, 0) is 0 Å². The number of nitrogen functional groups attached to an aromatic ring is 2. The third-order valence-electron chi connectivity index (χ3n) is 6.67. The van der Waals surface area contributed by atoms with Gasteiger partial charge < -0.3 is 31.1 Å². The largest absolute Gasteiger partial charge is 0.504 e. The summed E-state index contributed by atoms with van der Waals surface area (Å²) in [5.74, 6) is -0.770. The standard InChI is InChI=1S/C28H38FN5O2/c1-6-18(3)24(34-14-12-33(5)13-15-34)11-8-20(7-2)21-16-25(28(31)32-17-21)36-19(4)26-23(30)10-9-22(29)27(26)35/h7-11,16-17,19,35H,6,12-15,30H2,1-5H3,(H2,31,32)/b11-8-,20-7+,24-18?. The highest BCUT2D eigenvalue weighted by Crippen LogP contribution is 2.36. The van der Waals surface area contributed by atoms with Crippen LogP contribution < -0.4 is 16.2 Å². The summed E-state index contributed by atoms with van der Waals surface area (Å²) in [5.41, 5.74) is 16.8. The van der Waals surface area contributed by atoms with E-state index in [0.29, 0.717) is 5.75 Å². The van der Waals surface area contributed by atoms with Gasteiger partial charge in [0.2, 0.25) is 0 Å². The molecule has 2 heterocycles. The summed E-state index contributed by atoms with van der Waals surface area (Å²) in [6.07, 6.45) is 8.20. The van der Waals surface area contributed by atoms with E-state index in [1.165, 1.54) is 17.3 Å². The lowest BCUT2D eigenvalue weighted by atomic mass is 10.0. The summed E-state index contributed by atoms with van der Waals surface area (Å²) in [4.78, 5) is 9.10. The minimum absolute atomic E-state index is 0.169. The van der Waals surface area contributed by atoms with Crippen LogP contribution in [0.15, 0.2) is 53.9 Å². The van der Waals surface area contributed by atoms with Gasteiger partial charge in [0.25, 0.3) is 0 Å². The number of aromatic nitrogens is 1. The average Bonchev–Trinajstić information content (AvgIpc) is 2.86. The van der Waals surface area contributed by atoms with Crippen molar-refractivity contribution in [2.24, 2.45) is 0 Å². The zero-order valence-electron chi connectivity index (χ0n) is 21.9.